The van der Waals surface area contributed by atoms with E-state index in [0.29, 0.717) is 0 Å². The minimum absolute atomic E-state index is 0.755. The van der Waals surface area contributed by atoms with E-state index in [0.717, 1.165) is 11.8 Å². The summed E-state index contributed by atoms with van der Waals surface area (Å²) < 4.78 is 0. The summed E-state index contributed by atoms with van der Waals surface area (Å²) >= 11 is 0. The third-order valence-corrected chi connectivity index (χ3v) is 3.53. The van der Waals surface area contributed by atoms with Gasteiger partial charge < -0.3 is 4.90 Å². The van der Waals surface area contributed by atoms with E-state index in [2.05, 4.69) is 37.1 Å². The molecule has 1 nitrogen and oxygen atoms in total. The van der Waals surface area contributed by atoms with E-state index in [1.807, 2.05) is 0 Å². The van der Waals surface area contributed by atoms with Gasteiger partial charge in [0.15, 0.2) is 0 Å². The molecule has 2 aliphatic rings. The van der Waals surface area contributed by atoms with E-state index in [1.165, 1.54) is 32.4 Å². The molecule has 0 spiro atoms. The number of nitrogens with zero attached hydrogens (tertiary/aromatic N) is 1. The fourth-order valence-electron chi connectivity index (χ4n) is 2.39. The van der Waals surface area contributed by atoms with Crippen molar-refractivity contribution in [2.75, 3.05) is 20.1 Å². The van der Waals surface area contributed by atoms with Gasteiger partial charge in [0, 0.05) is 0 Å². The summed E-state index contributed by atoms with van der Waals surface area (Å²) in [5, 5.41) is 0. The Morgan fingerprint density at radius 2 is 2.00 bits per heavy atom. The molecule has 1 heteroatoms. The number of allylic oxidation sites excluding steroid dienone is 4. The molecule has 14 heavy (non-hydrogen) atoms. The maximum atomic E-state index is 2.46. The van der Waals surface area contributed by atoms with Crippen LogP contribution in [0.15, 0.2) is 23.8 Å². The van der Waals surface area contributed by atoms with Crippen LogP contribution in [-0.2, 0) is 0 Å². The van der Waals surface area contributed by atoms with Crippen LogP contribution >= 0.6 is 0 Å². The van der Waals surface area contributed by atoms with E-state index >= 15 is 0 Å². The van der Waals surface area contributed by atoms with Gasteiger partial charge in [0.25, 0.3) is 0 Å². The first kappa shape index (κ1) is 9.97. The van der Waals surface area contributed by atoms with Crippen molar-refractivity contribution < 1.29 is 0 Å². The smallest absolute Gasteiger partial charge is 0.00159 e. The zero-order valence-corrected chi connectivity index (χ0v) is 9.37. The van der Waals surface area contributed by atoms with Crippen molar-refractivity contribution in [2.45, 2.75) is 26.2 Å². The molecule has 0 amide bonds. The molecule has 78 valence electrons. The van der Waals surface area contributed by atoms with Gasteiger partial charge in [-0.3, -0.25) is 0 Å². The van der Waals surface area contributed by atoms with Crippen molar-refractivity contribution in [3.05, 3.63) is 23.8 Å². The standard InChI is InChI=1S/C13H21N/c1-11-3-5-12(6-4-11)13-7-9-14(2)10-8-13/h3,5-6,11,13H,4,7-10H2,1-2H3. The second kappa shape index (κ2) is 4.31. The van der Waals surface area contributed by atoms with Crippen molar-refractivity contribution in [1.29, 1.82) is 0 Å². The Morgan fingerprint density at radius 3 is 2.57 bits per heavy atom. The maximum absolute atomic E-state index is 2.46. The van der Waals surface area contributed by atoms with Crippen molar-refractivity contribution in [3.63, 3.8) is 0 Å². The summed E-state index contributed by atoms with van der Waals surface area (Å²) in [6.45, 7) is 4.83. The Bertz CT molecular complexity index is 244. The molecule has 0 aromatic heterocycles. The van der Waals surface area contributed by atoms with E-state index in [9.17, 15) is 0 Å². The van der Waals surface area contributed by atoms with E-state index in [1.54, 1.807) is 5.57 Å². The molecule has 0 bridgehead atoms. The van der Waals surface area contributed by atoms with Crippen LogP contribution in [0.5, 0.6) is 0 Å². The average molecular weight is 191 g/mol. The lowest BCUT2D eigenvalue weighted by atomic mass is 9.85. The molecule has 1 aliphatic carbocycles. The molecule has 1 fully saturated rings. The zero-order chi connectivity index (χ0) is 9.97. The SMILES string of the molecule is CC1C=CC(C2CCN(C)CC2)=CC1. The Hall–Kier alpha value is -0.560. The molecule has 0 radical (unpaired) electrons. The number of hydrogen-bond acceptors (Lipinski definition) is 1. The first-order valence-corrected chi connectivity index (χ1v) is 5.82. The van der Waals surface area contributed by atoms with Gasteiger partial charge in [-0.2, -0.15) is 0 Å². The summed E-state index contributed by atoms with van der Waals surface area (Å²) in [6, 6.07) is 0. The van der Waals surface area contributed by atoms with Gasteiger partial charge in [-0.1, -0.05) is 25.2 Å². The van der Waals surface area contributed by atoms with Gasteiger partial charge in [-0.15, -0.1) is 0 Å². The second-order valence-corrected chi connectivity index (χ2v) is 4.85. The van der Waals surface area contributed by atoms with Crippen LogP contribution in [0.2, 0.25) is 0 Å². The Balaban J connectivity index is 1.93. The predicted molar refractivity (Wildman–Crippen MR) is 61.2 cm³/mol. The third-order valence-electron chi connectivity index (χ3n) is 3.53. The normalized spacial score (nSPS) is 30.4. The van der Waals surface area contributed by atoms with Crippen molar-refractivity contribution in [3.8, 4) is 0 Å². The second-order valence-electron chi connectivity index (χ2n) is 4.85. The van der Waals surface area contributed by atoms with Crippen LogP contribution in [0.4, 0.5) is 0 Å². The van der Waals surface area contributed by atoms with Crippen molar-refractivity contribution >= 4 is 0 Å². The van der Waals surface area contributed by atoms with Crippen LogP contribution in [0, 0.1) is 11.8 Å². The molecular formula is C13H21N. The van der Waals surface area contributed by atoms with Gasteiger partial charge in [-0.25, -0.2) is 0 Å². The fraction of sp³-hybridized carbons (Fsp3) is 0.692. The Labute approximate surface area is 87.5 Å². The van der Waals surface area contributed by atoms with Crippen LogP contribution in [-0.4, -0.2) is 25.0 Å². The molecule has 0 N–H and O–H groups in total. The minimum Gasteiger partial charge on any atom is -0.306 e. The quantitative estimate of drug-likeness (QED) is 0.616. The molecule has 1 unspecified atom stereocenters. The largest absolute Gasteiger partial charge is 0.306 e. The minimum atomic E-state index is 0.755. The van der Waals surface area contributed by atoms with Crippen molar-refractivity contribution in [2.24, 2.45) is 11.8 Å². The summed E-state index contributed by atoms with van der Waals surface area (Å²) in [4.78, 5) is 2.44. The molecule has 2 rings (SSSR count). The van der Waals surface area contributed by atoms with Crippen LogP contribution in [0.3, 0.4) is 0 Å². The molecule has 0 aromatic carbocycles. The summed E-state index contributed by atoms with van der Waals surface area (Å²) in [6.07, 6.45) is 11.1. The maximum Gasteiger partial charge on any atom is -0.00159 e. The summed E-state index contributed by atoms with van der Waals surface area (Å²) in [5.41, 5.74) is 1.61. The first-order valence-electron chi connectivity index (χ1n) is 5.82. The summed E-state index contributed by atoms with van der Waals surface area (Å²) in [7, 11) is 2.23. The molecule has 0 saturated carbocycles. The van der Waals surface area contributed by atoms with E-state index < -0.39 is 0 Å². The number of piperidine rings is 1. The highest BCUT2D eigenvalue weighted by molar-refractivity contribution is 5.26. The van der Waals surface area contributed by atoms with Gasteiger partial charge in [0.2, 0.25) is 0 Å². The Morgan fingerprint density at radius 1 is 1.29 bits per heavy atom. The zero-order valence-electron chi connectivity index (χ0n) is 9.37. The average Bonchev–Trinajstić information content (AvgIpc) is 2.21. The van der Waals surface area contributed by atoms with Gasteiger partial charge in [0.1, 0.15) is 0 Å². The topological polar surface area (TPSA) is 3.24 Å². The first-order chi connectivity index (χ1) is 6.75. The highest BCUT2D eigenvalue weighted by Gasteiger charge is 2.19. The van der Waals surface area contributed by atoms with Gasteiger partial charge >= 0.3 is 0 Å². The van der Waals surface area contributed by atoms with E-state index in [-0.39, 0.29) is 0 Å². The van der Waals surface area contributed by atoms with Crippen LogP contribution in [0.1, 0.15) is 26.2 Å². The van der Waals surface area contributed by atoms with E-state index in [4.69, 9.17) is 0 Å². The number of likely N-dealkylation sites (tertiary alicyclic amines) is 1. The fourth-order valence-corrected chi connectivity index (χ4v) is 2.39. The lowest BCUT2D eigenvalue weighted by Gasteiger charge is -2.30. The Kier molecular flexibility index (Phi) is 3.07. The van der Waals surface area contributed by atoms with Gasteiger partial charge in [-0.05, 0) is 56.8 Å². The lowest BCUT2D eigenvalue weighted by Crippen LogP contribution is -2.30. The third kappa shape index (κ3) is 2.27. The predicted octanol–water partition coefficient (Wildman–Crippen LogP) is 2.85. The molecule has 1 saturated heterocycles. The van der Waals surface area contributed by atoms with Gasteiger partial charge in [0.05, 0.1) is 0 Å². The monoisotopic (exact) mass is 191 g/mol. The number of hydrogen-bond donors (Lipinski definition) is 0. The number of rotatable bonds is 1. The molecule has 1 atom stereocenters. The molecule has 1 aliphatic heterocycles. The highest BCUT2D eigenvalue weighted by atomic mass is 15.1. The molecular weight excluding hydrogens is 170 g/mol. The molecule has 1 heterocycles. The summed E-state index contributed by atoms with van der Waals surface area (Å²) in [5.74, 6) is 1.60. The van der Waals surface area contributed by atoms with Crippen LogP contribution < -0.4 is 0 Å². The van der Waals surface area contributed by atoms with Crippen LogP contribution in [0.25, 0.3) is 0 Å². The van der Waals surface area contributed by atoms with Crippen molar-refractivity contribution in [1.82, 2.24) is 4.90 Å². The lowest BCUT2D eigenvalue weighted by molar-refractivity contribution is 0.239. The highest BCUT2D eigenvalue weighted by Crippen LogP contribution is 2.28. The molecule has 0 aromatic rings.